The monoisotopic (exact) mass is 368 g/mol. The summed E-state index contributed by atoms with van der Waals surface area (Å²) in [6.07, 6.45) is 2.52. The standard InChI is InChI=1S/C17H24N2O5S/c1-24-14-5-7-15(8-6-14)25(22,23)19-10-2-9-18(11-12-19)16(17(20)21)13-3-4-13/h5-8,13,16H,2-4,9-12H2,1H3,(H,20,21). The van der Waals surface area contributed by atoms with E-state index in [0.29, 0.717) is 38.3 Å². The molecule has 1 saturated carbocycles. The summed E-state index contributed by atoms with van der Waals surface area (Å²) in [5.74, 6) is 0.0194. The van der Waals surface area contributed by atoms with Crippen molar-refractivity contribution in [1.29, 1.82) is 0 Å². The van der Waals surface area contributed by atoms with E-state index in [9.17, 15) is 18.3 Å². The maximum Gasteiger partial charge on any atom is 0.321 e. The van der Waals surface area contributed by atoms with Gasteiger partial charge in [-0.25, -0.2) is 8.42 Å². The number of aliphatic carboxylic acids is 1. The Morgan fingerprint density at radius 1 is 1.16 bits per heavy atom. The summed E-state index contributed by atoms with van der Waals surface area (Å²) < 4.78 is 32.2. The topological polar surface area (TPSA) is 87.2 Å². The van der Waals surface area contributed by atoms with E-state index in [1.165, 1.54) is 11.4 Å². The molecule has 0 bridgehead atoms. The molecule has 1 atom stereocenters. The van der Waals surface area contributed by atoms with Crippen LogP contribution in [0.4, 0.5) is 0 Å². The number of ether oxygens (including phenoxy) is 1. The minimum atomic E-state index is -3.58. The Hall–Kier alpha value is -1.64. The molecule has 2 fully saturated rings. The fourth-order valence-electron chi connectivity index (χ4n) is 3.40. The third kappa shape index (κ3) is 3.96. The van der Waals surface area contributed by atoms with Crippen LogP contribution in [-0.2, 0) is 14.8 Å². The quantitative estimate of drug-likeness (QED) is 0.813. The van der Waals surface area contributed by atoms with E-state index in [-0.39, 0.29) is 10.8 Å². The molecule has 1 aliphatic heterocycles. The van der Waals surface area contributed by atoms with E-state index in [0.717, 1.165) is 12.8 Å². The van der Waals surface area contributed by atoms with Crippen molar-refractivity contribution in [1.82, 2.24) is 9.21 Å². The Balaban J connectivity index is 1.72. The number of hydrogen-bond donors (Lipinski definition) is 1. The van der Waals surface area contributed by atoms with Gasteiger partial charge in [-0.15, -0.1) is 0 Å². The molecule has 2 aliphatic rings. The molecule has 7 nitrogen and oxygen atoms in total. The van der Waals surface area contributed by atoms with Gasteiger partial charge in [-0.05, 0) is 49.4 Å². The first-order chi connectivity index (χ1) is 11.9. The van der Waals surface area contributed by atoms with Crippen molar-refractivity contribution in [3.63, 3.8) is 0 Å². The van der Waals surface area contributed by atoms with Gasteiger partial charge in [0, 0.05) is 26.2 Å². The van der Waals surface area contributed by atoms with Crippen molar-refractivity contribution in [3.05, 3.63) is 24.3 Å². The van der Waals surface area contributed by atoms with Crippen LogP contribution in [0.25, 0.3) is 0 Å². The van der Waals surface area contributed by atoms with E-state index in [1.807, 2.05) is 4.90 Å². The zero-order chi connectivity index (χ0) is 18.0. The van der Waals surface area contributed by atoms with Crippen LogP contribution in [0.5, 0.6) is 5.75 Å². The maximum absolute atomic E-state index is 12.8. The van der Waals surface area contributed by atoms with Crippen LogP contribution in [0.1, 0.15) is 19.3 Å². The summed E-state index contributed by atoms with van der Waals surface area (Å²) in [4.78, 5) is 13.7. The molecule has 25 heavy (non-hydrogen) atoms. The lowest BCUT2D eigenvalue weighted by molar-refractivity contribution is -0.144. The fraction of sp³-hybridized carbons (Fsp3) is 0.588. The number of sulfonamides is 1. The number of hydrogen-bond acceptors (Lipinski definition) is 5. The number of methoxy groups -OCH3 is 1. The SMILES string of the molecule is COc1ccc(S(=O)(=O)N2CCCN(C(C(=O)O)C3CC3)CC2)cc1. The molecule has 1 heterocycles. The molecule has 8 heteroatoms. The smallest absolute Gasteiger partial charge is 0.321 e. The molecule has 1 aliphatic carbocycles. The predicted molar refractivity (Wildman–Crippen MR) is 92.1 cm³/mol. The van der Waals surface area contributed by atoms with E-state index in [2.05, 4.69) is 0 Å². The second-order valence-corrected chi connectivity index (χ2v) is 8.53. The minimum Gasteiger partial charge on any atom is -0.497 e. The molecule has 1 N–H and O–H groups in total. The number of benzene rings is 1. The summed E-state index contributed by atoms with van der Waals surface area (Å²) in [7, 11) is -2.05. The molecule has 1 unspecified atom stereocenters. The number of carboxylic acid groups (broad SMARTS) is 1. The largest absolute Gasteiger partial charge is 0.497 e. The van der Waals surface area contributed by atoms with Crippen molar-refractivity contribution < 1.29 is 23.1 Å². The fourth-order valence-corrected chi connectivity index (χ4v) is 4.87. The lowest BCUT2D eigenvalue weighted by atomic mass is 10.1. The molecule has 3 rings (SSSR count). The summed E-state index contributed by atoms with van der Waals surface area (Å²) in [5, 5.41) is 9.50. The van der Waals surface area contributed by atoms with Crippen LogP contribution in [-0.4, -0.2) is 68.0 Å². The van der Waals surface area contributed by atoms with Crippen molar-refractivity contribution >= 4 is 16.0 Å². The highest BCUT2D eigenvalue weighted by Gasteiger charge is 2.41. The second kappa shape index (κ2) is 7.31. The van der Waals surface area contributed by atoms with Gasteiger partial charge in [0.15, 0.2) is 0 Å². The Morgan fingerprint density at radius 3 is 2.40 bits per heavy atom. The summed E-state index contributed by atoms with van der Waals surface area (Å²) in [5.41, 5.74) is 0. The van der Waals surface area contributed by atoms with Gasteiger partial charge < -0.3 is 9.84 Å². The average molecular weight is 368 g/mol. The minimum absolute atomic E-state index is 0.210. The summed E-state index contributed by atoms with van der Waals surface area (Å²) in [6.45, 7) is 1.78. The number of rotatable bonds is 6. The second-order valence-electron chi connectivity index (χ2n) is 6.59. The van der Waals surface area contributed by atoms with Gasteiger partial charge in [0.1, 0.15) is 11.8 Å². The molecule has 1 aromatic rings. The van der Waals surface area contributed by atoms with Gasteiger partial charge in [0.25, 0.3) is 0 Å². The normalized spacial score (nSPS) is 21.5. The van der Waals surface area contributed by atoms with Crippen LogP contribution in [0.2, 0.25) is 0 Å². The van der Waals surface area contributed by atoms with Gasteiger partial charge in [-0.1, -0.05) is 0 Å². The van der Waals surface area contributed by atoms with Crippen LogP contribution in [0.3, 0.4) is 0 Å². The molecule has 138 valence electrons. The Morgan fingerprint density at radius 2 is 1.84 bits per heavy atom. The van der Waals surface area contributed by atoms with Gasteiger partial charge >= 0.3 is 5.97 Å². The van der Waals surface area contributed by atoms with Crippen LogP contribution >= 0.6 is 0 Å². The Labute approximate surface area is 148 Å². The van der Waals surface area contributed by atoms with E-state index < -0.39 is 22.0 Å². The highest BCUT2D eigenvalue weighted by atomic mass is 32.2. The predicted octanol–water partition coefficient (Wildman–Crippen LogP) is 1.25. The number of carboxylic acids is 1. The highest BCUT2D eigenvalue weighted by molar-refractivity contribution is 7.89. The van der Waals surface area contributed by atoms with Gasteiger partial charge in [-0.2, -0.15) is 4.31 Å². The summed E-state index contributed by atoms with van der Waals surface area (Å²) >= 11 is 0. The molecule has 1 aromatic carbocycles. The Kier molecular flexibility index (Phi) is 5.31. The number of nitrogens with zero attached hydrogens (tertiary/aromatic N) is 2. The summed E-state index contributed by atoms with van der Waals surface area (Å²) in [6, 6.07) is 5.86. The van der Waals surface area contributed by atoms with Gasteiger partial charge in [0.2, 0.25) is 10.0 Å². The lowest BCUT2D eigenvalue weighted by Crippen LogP contribution is -2.45. The van der Waals surface area contributed by atoms with Crippen LogP contribution in [0.15, 0.2) is 29.2 Å². The van der Waals surface area contributed by atoms with Gasteiger partial charge in [-0.3, -0.25) is 9.69 Å². The maximum atomic E-state index is 12.8. The molecule has 0 aromatic heterocycles. The lowest BCUT2D eigenvalue weighted by Gasteiger charge is -2.27. The third-order valence-electron chi connectivity index (χ3n) is 4.90. The zero-order valence-electron chi connectivity index (χ0n) is 14.3. The molecule has 0 amide bonds. The molecule has 0 spiro atoms. The molecular formula is C17H24N2O5S. The average Bonchev–Trinajstić information content (AvgIpc) is 3.42. The zero-order valence-corrected chi connectivity index (χ0v) is 15.1. The van der Waals surface area contributed by atoms with E-state index >= 15 is 0 Å². The van der Waals surface area contributed by atoms with Crippen molar-refractivity contribution in [3.8, 4) is 5.75 Å². The van der Waals surface area contributed by atoms with Crippen molar-refractivity contribution in [2.45, 2.75) is 30.2 Å². The molecular weight excluding hydrogens is 344 g/mol. The molecule has 1 saturated heterocycles. The molecule has 0 radical (unpaired) electrons. The third-order valence-corrected chi connectivity index (χ3v) is 6.81. The first-order valence-electron chi connectivity index (χ1n) is 8.54. The highest BCUT2D eigenvalue weighted by Crippen LogP contribution is 2.36. The first-order valence-corrected chi connectivity index (χ1v) is 9.98. The number of carbonyl (C=O) groups is 1. The van der Waals surface area contributed by atoms with E-state index in [1.54, 1.807) is 24.3 Å². The van der Waals surface area contributed by atoms with Crippen molar-refractivity contribution in [2.24, 2.45) is 5.92 Å². The van der Waals surface area contributed by atoms with Crippen LogP contribution < -0.4 is 4.74 Å². The van der Waals surface area contributed by atoms with Crippen LogP contribution in [0, 0.1) is 5.92 Å². The van der Waals surface area contributed by atoms with Gasteiger partial charge in [0.05, 0.1) is 12.0 Å². The van der Waals surface area contributed by atoms with E-state index in [4.69, 9.17) is 4.74 Å². The first kappa shape index (κ1) is 18.2. The van der Waals surface area contributed by atoms with Crippen molar-refractivity contribution in [2.75, 3.05) is 33.3 Å². The Bertz CT molecular complexity index is 715.